The second-order valence-corrected chi connectivity index (χ2v) is 3.17. The summed E-state index contributed by atoms with van der Waals surface area (Å²) in [5.41, 5.74) is 2.03. The molecule has 0 aliphatic rings. The number of hydrogen-bond acceptors (Lipinski definition) is 0. The van der Waals surface area contributed by atoms with Crippen molar-refractivity contribution >= 4 is 0 Å². The van der Waals surface area contributed by atoms with Crippen LogP contribution >= 0.6 is 0 Å². The molecule has 0 nitrogen and oxygen atoms in total. The van der Waals surface area contributed by atoms with Crippen molar-refractivity contribution in [1.29, 1.82) is 0 Å². The molecule has 0 radical (unpaired) electrons. The molecule has 0 aromatic heterocycles. The van der Waals surface area contributed by atoms with Crippen molar-refractivity contribution in [2.75, 3.05) is 0 Å². The molecule has 0 N–H and O–H groups in total. The van der Waals surface area contributed by atoms with E-state index in [2.05, 4.69) is 0 Å². The summed E-state index contributed by atoms with van der Waals surface area (Å²) in [6.07, 6.45) is -3.10. The maximum atomic E-state index is 12.0. The standard InChI is InChI=1S/C10H15F3/c1-5-7(2)9(4)8(3)6-10(11,12)13/h5H,6H2,1-4H3/b7-5+,9-8+. The molecule has 0 aromatic carbocycles. The van der Waals surface area contributed by atoms with Crippen LogP contribution in [0.25, 0.3) is 0 Å². The molecule has 0 aliphatic heterocycles. The lowest BCUT2D eigenvalue weighted by Crippen LogP contribution is -2.08. The fourth-order valence-electron chi connectivity index (χ4n) is 0.986. The lowest BCUT2D eigenvalue weighted by molar-refractivity contribution is -0.127. The Balaban J connectivity index is 4.65. The molecule has 0 atom stereocenters. The molecule has 0 saturated heterocycles. The second-order valence-electron chi connectivity index (χ2n) is 3.17. The minimum atomic E-state index is -4.10. The first-order chi connectivity index (χ1) is 5.78. The molecule has 0 aliphatic carbocycles. The van der Waals surface area contributed by atoms with Crippen LogP contribution in [0.5, 0.6) is 0 Å². The highest BCUT2D eigenvalue weighted by molar-refractivity contribution is 5.31. The highest BCUT2D eigenvalue weighted by atomic mass is 19.4. The largest absolute Gasteiger partial charge is 0.392 e. The van der Waals surface area contributed by atoms with Gasteiger partial charge in [0.1, 0.15) is 0 Å². The van der Waals surface area contributed by atoms with Gasteiger partial charge in [0, 0.05) is 0 Å². The molecule has 76 valence electrons. The zero-order valence-electron chi connectivity index (χ0n) is 8.42. The third-order valence-corrected chi connectivity index (χ3v) is 2.13. The van der Waals surface area contributed by atoms with Gasteiger partial charge in [-0.05, 0) is 33.3 Å². The average Bonchev–Trinajstić information content (AvgIpc) is 1.98. The van der Waals surface area contributed by atoms with Crippen molar-refractivity contribution in [3.63, 3.8) is 0 Å². The smallest absolute Gasteiger partial charge is 0.171 e. The summed E-state index contributed by atoms with van der Waals surface area (Å²) in [5, 5.41) is 0. The summed E-state index contributed by atoms with van der Waals surface area (Å²) >= 11 is 0. The molecular weight excluding hydrogens is 177 g/mol. The van der Waals surface area contributed by atoms with Gasteiger partial charge in [0.05, 0.1) is 6.42 Å². The maximum Gasteiger partial charge on any atom is 0.392 e. The van der Waals surface area contributed by atoms with Crippen LogP contribution in [0.3, 0.4) is 0 Å². The molecule has 0 fully saturated rings. The molecule has 0 bridgehead atoms. The molecule has 0 spiro atoms. The van der Waals surface area contributed by atoms with Gasteiger partial charge < -0.3 is 0 Å². The predicted octanol–water partition coefficient (Wildman–Crippen LogP) is 4.24. The summed E-state index contributed by atoms with van der Waals surface area (Å²) in [6.45, 7) is 6.88. The molecule has 0 amide bonds. The van der Waals surface area contributed by atoms with Gasteiger partial charge in [-0.25, -0.2) is 0 Å². The molecule has 0 heterocycles. The molecular formula is C10H15F3. The number of alkyl halides is 3. The van der Waals surface area contributed by atoms with Crippen LogP contribution in [0.1, 0.15) is 34.1 Å². The zero-order valence-corrected chi connectivity index (χ0v) is 8.42. The van der Waals surface area contributed by atoms with Crippen LogP contribution < -0.4 is 0 Å². The van der Waals surface area contributed by atoms with E-state index in [4.69, 9.17) is 0 Å². The van der Waals surface area contributed by atoms with Crippen LogP contribution in [-0.4, -0.2) is 6.18 Å². The number of hydrogen-bond donors (Lipinski definition) is 0. The van der Waals surface area contributed by atoms with Crippen LogP contribution in [0.2, 0.25) is 0 Å². The van der Waals surface area contributed by atoms with Gasteiger partial charge in [-0.3, -0.25) is 0 Å². The van der Waals surface area contributed by atoms with E-state index in [1.54, 1.807) is 6.92 Å². The minimum Gasteiger partial charge on any atom is -0.171 e. The van der Waals surface area contributed by atoms with Crippen molar-refractivity contribution in [3.8, 4) is 0 Å². The van der Waals surface area contributed by atoms with Gasteiger partial charge >= 0.3 is 6.18 Å². The van der Waals surface area contributed by atoms with Crippen molar-refractivity contribution in [3.05, 3.63) is 22.8 Å². The van der Waals surface area contributed by atoms with Crippen molar-refractivity contribution < 1.29 is 13.2 Å². The fourth-order valence-corrected chi connectivity index (χ4v) is 0.986. The van der Waals surface area contributed by atoms with Gasteiger partial charge in [0.15, 0.2) is 0 Å². The van der Waals surface area contributed by atoms with Gasteiger partial charge in [-0.2, -0.15) is 13.2 Å². The van der Waals surface area contributed by atoms with E-state index in [0.29, 0.717) is 5.57 Å². The van der Waals surface area contributed by atoms with Gasteiger partial charge in [0.2, 0.25) is 0 Å². The molecule has 3 heteroatoms. The lowest BCUT2D eigenvalue weighted by Gasteiger charge is -2.10. The van der Waals surface area contributed by atoms with Crippen molar-refractivity contribution in [2.24, 2.45) is 0 Å². The van der Waals surface area contributed by atoms with E-state index < -0.39 is 12.6 Å². The maximum absolute atomic E-state index is 12.0. The summed E-state index contributed by atoms with van der Waals surface area (Å²) in [5.74, 6) is 0. The van der Waals surface area contributed by atoms with Gasteiger partial charge in [-0.1, -0.05) is 17.2 Å². The highest BCUT2D eigenvalue weighted by Gasteiger charge is 2.27. The van der Waals surface area contributed by atoms with Crippen LogP contribution in [-0.2, 0) is 0 Å². The van der Waals surface area contributed by atoms with E-state index in [1.807, 2.05) is 19.9 Å². The summed E-state index contributed by atoms with van der Waals surface area (Å²) < 4.78 is 35.9. The first-order valence-electron chi connectivity index (χ1n) is 4.14. The Hall–Kier alpha value is -0.730. The first-order valence-corrected chi connectivity index (χ1v) is 4.14. The van der Waals surface area contributed by atoms with E-state index in [9.17, 15) is 13.2 Å². The van der Waals surface area contributed by atoms with Gasteiger partial charge in [-0.15, -0.1) is 0 Å². The number of halogens is 3. The molecule has 0 unspecified atom stereocenters. The summed E-state index contributed by atoms with van der Waals surface area (Å²) in [6, 6.07) is 0. The van der Waals surface area contributed by atoms with Crippen molar-refractivity contribution in [1.82, 2.24) is 0 Å². The second kappa shape index (κ2) is 4.49. The number of rotatable bonds is 2. The Morgan fingerprint density at radius 2 is 1.62 bits per heavy atom. The van der Waals surface area contributed by atoms with Gasteiger partial charge in [0.25, 0.3) is 0 Å². The Morgan fingerprint density at radius 3 is 1.92 bits per heavy atom. The first kappa shape index (κ1) is 12.3. The van der Waals surface area contributed by atoms with E-state index in [0.717, 1.165) is 11.1 Å². The Bertz CT molecular complexity index is 231. The van der Waals surface area contributed by atoms with Crippen LogP contribution in [0, 0.1) is 0 Å². The van der Waals surface area contributed by atoms with Crippen molar-refractivity contribution in [2.45, 2.75) is 40.3 Å². The summed E-state index contributed by atoms with van der Waals surface area (Å²) in [4.78, 5) is 0. The third-order valence-electron chi connectivity index (χ3n) is 2.13. The molecule has 0 aromatic rings. The minimum absolute atomic E-state index is 0.392. The number of allylic oxidation sites excluding steroid dienone is 4. The van der Waals surface area contributed by atoms with Crippen LogP contribution in [0.15, 0.2) is 22.8 Å². The van der Waals surface area contributed by atoms with Crippen LogP contribution in [0.4, 0.5) is 13.2 Å². The normalized spacial score (nSPS) is 15.8. The average molecular weight is 192 g/mol. The van der Waals surface area contributed by atoms with E-state index in [1.165, 1.54) is 6.92 Å². The van der Waals surface area contributed by atoms with E-state index in [-0.39, 0.29) is 0 Å². The topological polar surface area (TPSA) is 0 Å². The summed E-state index contributed by atoms with van der Waals surface area (Å²) in [7, 11) is 0. The Kier molecular flexibility index (Phi) is 4.24. The molecule has 0 saturated carbocycles. The third kappa shape index (κ3) is 4.76. The Labute approximate surface area is 77.1 Å². The fraction of sp³-hybridized carbons (Fsp3) is 0.600. The van der Waals surface area contributed by atoms with E-state index >= 15 is 0 Å². The quantitative estimate of drug-likeness (QED) is 0.574. The molecule has 13 heavy (non-hydrogen) atoms. The monoisotopic (exact) mass is 192 g/mol. The lowest BCUT2D eigenvalue weighted by atomic mass is 10.0. The highest BCUT2D eigenvalue weighted by Crippen LogP contribution is 2.27. The predicted molar refractivity (Wildman–Crippen MR) is 48.5 cm³/mol. The zero-order chi connectivity index (χ0) is 10.6. The molecule has 0 rings (SSSR count). The SMILES string of the molecule is C/C=C(C)/C(C)=C(\C)CC(F)(F)F. The Morgan fingerprint density at radius 1 is 1.15 bits per heavy atom.